The third kappa shape index (κ3) is 5.01. The molecule has 0 aromatic heterocycles. The maximum absolute atomic E-state index is 11.1. The van der Waals surface area contributed by atoms with Gasteiger partial charge < -0.3 is 0 Å². The molecule has 0 unspecified atom stereocenters. The maximum atomic E-state index is 11.1. The van der Waals surface area contributed by atoms with Crippen LogP contribution in [0.2, 0.25) is 0 Å². The number of rotatable bonds is 6. The van der Waals surface area contributed by atoms with Gasteiger partial charge in [0.05, 0.1) is 5.75 Å². The highest BCUT2D eigenvalue weighted by molar-refractivity contribution is 7.99. The molecule has 0 heterocycles. The summed E-state index contributed by atoms with van der Waals surface area (Å²) in [6, 6.07) is 8.25. The number of thioether (sulfide) groups is 1. The van der Waals surface area contributed by atoms with Crippen LogP contribution >= 0.6 is 11.8 Å². The van der Waals surface area contributed by atoms with Crippen molar-refractivity contribution >= 4 is 21.8 Å². The number of hydrogen-bond acceptors (Lipinski definition) is 3. The number of hydrogen-bond donors (Lipinski definition) is 1. The van der Waals surface area contributed by atoms with Crippen molar-refractivity contribution < 1.29 is 8.42 Å². The highest BCUT2D eigenvalue weighted by Crippen LogP contribution is 2.19. The minimum absolute atomic E-state index is 0.197. The first kappa shape index (κ1) is 13.5. The fourth-order valence-corrected chi connectivity index (χ4v) is 2.94. The first-order valence-electron chi connectivity index (χ1n) is 5.14. The van der Waals surface area contributed by atoms with Crippen molar-refractivity contribution in [3.05, 3.63) is 29.8 Å². The van der Waals surface area contributed by atoms with Gasteiger partial charge in [0.15, 0.2) is 0 Å². The van der Waals surface area contributed by atoms with Crippen LogP contribution in [-0.4, -0.2) is 27.0 Å². The number of aryl methyl sites for hydroxylation is 1. The third-order valence-corrected chi connectivity index (χ3v) is 4.70. The lowest BCUT2D eigenvalue weighted by Gasteiger charge is -2.03. The van der Waals surface area contributed by atoms with E-state index in [1.54, 1.807) is 11.8 Å². The molecule has 1 aromatic carbocycles. The lowest BCUT2D eigenvalue weighted by molar-refractivity contribution is 0.587. The molecule has 1 rings (SSSR count). The zero-order chi connectivity index (χ0) is 12.0. The van der Waals surface area contributed by atoms with Crippen molar-refractivity contribution in [2.75, 3.05) is 18.6 Å². The zero-order valence-corrected chi connectivity index (χ0v) is 11.2. The molecule has 0 bridgehead atoms. The van der Waals surface area contributed by atoms with E-state index in [0.29, 0.717) is 6.42 Å². The van der Waals surface area contributed by atoms with Crippen LogP contribution in [0.25, 0.3) is 0 Å². The Morgan fingerprint density at radius 3 is 2.44 bits per heavy atom. The Balaban J connectivity index is 2.29. The van der Waals surface area contributed by atoms with E-state index in [4.69, 9.17) is 0 Å². The van der Waals surface area contributed by atoms with E-state index < -0.39 is 10.0 Å². The van der Waals surface area contributed by atoms with Crippen LogP contribution in [0, 0.1) is 6.92 Å². The normalized spacial score (nSPS) is 11.6. The molecule has 0 saturated heterocycles. The predicted molar refractivity (Wildman–Crippen MR) is 69.4 cm³/mol. The molecular formula is C11H17NO2S2. The van der Waals surface area contributed by atoms with Gasteiger partial charge in [-0.05, 0) is 38.3 Å². The summed E-state index contributed by atoms with van der Waals surface area (Å²) >= 11 is 1.69. The average molecular weight is 259 g/mol. The maximum Gasteiger partial charge on any atom is 0.211 e. The van der Waals surface area contributed by atoms with Crippen molar-refractivity contribution in [2.45, 2.75) is 18.2 Å². The van der Waals surface area contributed by atoms with E-state index in [-0.39, 0.29) is 5.75 Å². The molecule has 90 valence electrons. The molecule has 1 N–H and O–H groups in total. The quantitative estimate of drug-likeness (QED) is 0.628. The van der Waals surface area contributed by atoms with E-state index in [1.165, 1.54) is 17.5 Å². The van der Waals surface area contributed by atoms with Gasteiger partial charge in [-0.1, -0.05) is 17.7 Å². The van der Waals surface area contributed by atoms with Crippen LogP contribution in [-0.2, 0) is 10.0 Å². The lowest BCUT2D eigenvalue weighted by Crippen LogP contribution is -2.22. The summed E-state index contributed by atoms with van der Waals surface area (Å²) in [7, 11) is -1.60. The van der Waals surface area contributed by atoms with Crippen LogP contribution in [0.3, 0.4) is 0 Å². The van der Waals surface area contributed by atoms with E-state index >= 15 is 0 Å². The molecule has 0 atom stereocenters. The Morgan fingerprint density at radius 2 is 1.88 bits per heavy atom. The van der Waals surface area contributed by atoms with Crippen molar-refractivity contribution in [1.82, 2.24) is 4.72 Å². The van der Waals surface area contributed by atoms with Gasteiger partial charge in [-0.3, -0.25) is 0 Å². The van der Waals surface area contributed by atoms with Gasteiger partial charge in [-0.25, -0.2) is 13.1 Å². The Labute approximate surface area is 102 Å². The fraction of sp³-hybridized carbons (Fsp3) is 0.455. The van der Waals surface area contributed by atoms with Gasteiger partial charge >= 0.3 is 0 Å². The second-order valence-corrected chi connectivity index (χ2v) is 6.75. The van der Waals surface area contributed by atoms with Crippen LogP contribution < -0.4 is 4.72 Å². The highest BCUT2D eigenvalue weighted by atomic mass is 32.2. The van der Waals surface area contributed by atoms with Gasteiger partial charge in [-0.2, -0.15) is 0 Å². The van der Waals surface area contributed by atoms with Crippen LogP contribution in [0.4, 0.5) is 0 Å². The van der Waals surface area contributed by atoms with Crippen molar-refractivity contribution in [2.24, 2.45) is 0 Å². The van der Waals surface area contributed by atoms with Crippen LogP contribution in [0.1, 0.15) is 12.0 Å². The standard InChI is InChI=1S/C11H17NO2S2/c1-10-4-6-11(7-5-10)15-8-3-9-16(13,14)12-2/h4-7,12H,3,8-9H2,1-2H3. The molecule has 0 spiro atoms. The summed E-state index contributed by atoms with van der Waals surface area (Å²) in [5.41, 5.74) is 1.24. The molecule has 5 heteroatoms. The Bertz CT molecular complexity index is 412. The number of sulfonamides is 1. The molecule has 0 amide bonds. The monoisotopic (exact) mass is 259 g/mol. The fourth-order valence-electron chi connectivity index (χ4n) is 1.18. The Hall–Kier alpha value is -0.520. The van der Waals surface area contributed by atoms with Gasteiger partial charge in [-0.15, -0.1) is 11.8 Å². The highest BCUT2D eigenvalue weighted by Gasteiger charge is 2.05. The Kier molecular flexibility index (Phi) is 5.31. The summed E-state index contributed by atoms with van der Waals surface area (Å²) in [5, 5.41) is 0. The molecule has 3 nitrogen and oxygen atoms in total. The largest absolute Gasteiger partial charge is 0.218 e. The van der Waals surface area contributed by atoms with E-state index in [0.717, 1.165) is 5.75 Å². The van der Waals surface area contributed by atoms with Gasteiger partial charge in [0.2, 0.25) is 10.0 Å². The third-order valence-electron chi connectivity index (χ3n) is 2.16. The minimum atomic E-state index is -3.04. The lowest BCUT2D eigenvalue weighted by atomic mass is 10.2. The zero-order valence-electron chi connectivity index (χ0n) is 9.56. The summed E-state index contributed by atoms with van der Waals surface area (Å²) in [4.78, 5) is 1.19. The first-order chi connectivity index (χ1) is 7.53. The molecule has 0 aliphatic heterocycles. The predicted octanol–water partition coefficient (Wildman–Crippen LogP) is 2.03. The molecular weight excluding hydrogens is 242 g/mol. The molecule has 0 aliphatic rings. The summed E-state index contributed by atoms with van der Waals surface area (Å²) < 4.78 is 24.6. The van der Waals surface area contributed by atoms with E-state index in [1.807, 2.05) is 6.92 Å². The van der Waals surface area contributed by atoms with Gasteiger partial charge in [0.1, 0.15) is 0 Å². The average Bonchev–Trinajstić information content (AvgIpc) is 2.27. The van der Waals surface area contributed by atoms with Gasteiger partial charge in [0.25, 0.3) is 0 Å². The molecule has 16 heavy (non-hydrogen) atoms. The summed E-state index contributed by atoms with van der Waals surface area (Å²) in [5.74, 6) is 1.02. The van der Waals surface area contributed by atoms with E-state index in [2.05, 4.69) is 29.0 Å². The van der Waals surface area contributed by atoms with Crippen LogP contribution in [0.5, 0.6) is 0 Å². The number of benzene rings is 1. The first-order valence-corrected chi connectivity index (χ1v) is 7.78. The molecule has 0 aliphatic carbocycles. The molecule has 0 radical (unpaired) electrons. The number of nitrogens with one attached hydrogen (secondary N) is 1. The molecule has 1 aromatic rings. The smallest absolute Gasteiger partial charge is 0.211 e. The van der Waals surface area contributed by atoms with E-state index in [9.17, 15) is 8.42 Å². The van der Waals surface area contributed by atoms with Crippen molar-refractivity contribution in [3.63, 3.8) is 0 Å². The molecule has 0 fully saturated rings. The van der Waals surface area contributed by atoms with Crippen molar-refractivity contribution in [3.8, 4) is 0 Å². The second kappa shape index (κ2) is 6.27. The molecule has 0 saturated carbocycles. The topological polar surface area (TPSA) is 46.2 Å². The minimum Gasteiger partial charge on any atom is -0.218 e. The van der Waals surface area contributed by atoms with Crippen molar-refractivity contribution in [1.29, 1.82) is 0 Å². The Morgan fingerprint density at radius 1 is 1.25 bits per heavy atom. The summed E-state index contributed by atoms with van der Waals surface area (Å²) in [6.07, 6.45) is 0.668. The summed E-state index contributed by atoms with van der Waals surface area (Å²) in [6.45, 7) is 2.05. The second-order valence-electron chi connectivity index (χ2n) is 3.54. The van der Waals surface area contributed by atoms with Gasteiger partial charge in [0, 0.05) is 4.90 Å². The SMILES string of the molecule is CNS(=O)(=O)CCCSc1ccc(C)cc1. The van der Waals surface area contributed by atoms with Crippen LogP contribution in [0.15, 0.2) is 29.2 Å².